The third-order valence-corrected chi connectivity index (χ3v) is 2.75. The first kappa shape index (κ1) is 12.9. The van der Waals surface area contributed by atoms with Crippen LogP contribution in [0, 0.1) is 6.07 Å². The molecule has 0 atom stereocenters. The van der Waals surface area contributed by atoms with Crippen molar-refractivity contribution in [1.82, 2.24) is 25.6 Å². The van der Waals surface area contributed by atoms with Crippen LogP contribution in [0.2, 0.25) is 0 Å². The maximum atomic E-state index is 11.1. The third kappa shape index (κ3) is 2.92. The number of amides is 1. The summed E-state index contributed by atoms with van der Waals surface area (Å²) in [4.78, 5) is 15.6. The maximum Gasteiger partial charge on any atom is 0.221 e. The molecule has 103 valence electrons. The minimum atomic E-state index is -0.117. The lowest BCUT2D eigenvalue weighted by Crippen LogP contribution is -2.05. The molecule has 2 N–H and O–H groups in total. The fourth-order valence-electron chi connectivity index (χ4n) is 1.89. The zero-order chi connectivity index (χ0) is 14.7. The summed E-state index contributed by atoms with van der Waals surface area (Å²) in [5.74, 6) is 0.360. The second kappa shape index (κ2) is 5.49. The number of anilines is 1. The van der Waals surface area contributed by atoms with E-state index < -0.39 is 0 Å². The average Bonchev–Trinajstić information content (AvgIpc) is 3.01. The van der Waals surface area contributed by atoms with Crippen LogP contribution in [-0.4, -0.2) is 31.5 Å². The van der Waals surface area contributed by atoms with Gasteiger partial charge in [-0.05, 0) is 40.8 Å². The molecule has 0 aliphatic rings. The highest BCUT2D eigenvalue weighted by atomic mass is 16.1. The van der Waals surface area contributed by atoms with Crippen LogP contribution >= 0.6 is 0 Å². The van der Waals surface area contributed by atoms with E-state index in [4.69, 9.17) is 0 Å². The number of nitrogens with one attached hydrogen (secondary N) is 2. The van der Waals surface area contributed by atoms with Crippen molar-refractivity contribution in [3.63, 3.8) is 0 Å². The summed E-state index contributed by atoms with van der Waals surface area (Å²) in [6, 6.07) is 13.9. The lowest BCUT2D eigenvalue weighted by molar-refractivity contribution is -0.114. The summed E-state index contributed by atoms with van der Waals surface area (Å²) in [5.41, 5.74) is 2.90. The molecule has 1 aromatic carbocycles. The first-order valence-electron chi connectivity index (χ1n) is 6.22. The molecule has 0 bridgehead atoms. The van der Waals surface area contributed by atoms with Crippen LogP contribution in [-0.2, 0) is 4.79 Å². The number of benzene rings is 1. The lowest BCUT2D eigenvalue weighted by atomic mass is 10.1. The van der Waals surface area contributed by atoms with Gasteiger partial charge in [0, 0.05) is 18.2 Å². The van der Waals surface area contributed by atoms with E-state index in [1.165, 1.54) is 6.92 Å². The Morgan fingerprint density at radius 1 is 1.29 bits per heavy atom. The first-order chi connectivity index (χ1) is 10.2. The van der Waals surface area contributed by atoms with E-state index >= 15 is 0 Å². The monoisotopic (exact) mass is 279 g/mol. The number of tetrazole rings is 1. The molecule has 0 saturated carbocycles. The summed E-state index contributed by atoms with van der Waals surface area (Å²) in [6.07, 6.45) is 0. The van der Waals surface area contributed by atoms with Gasteiger partial charge in [0.1, 0.15) is 5.69 Å². The number of pyridine rings is 1. The van der Waals surface area contributed by atoms with Crippen LogP contribution in [0.3, 0.4) is 0 Å². The van der Waals surface area contributed by atoms with Gasteiger partial charge in [-0.3, -0.25) is 4.79 Å². The first-order valence-corrected chi connectivity index (χ1v) is 6.22. The highest BCUT2D eigenvalue weighted by Crippen LogP contribution is 2.22. The van der Waals surface area contributed by atoms with E-state index in [9.17, 15) is 4.79 Å². The minimum absolute atomic E-state index is 0.117. The Labute approximate surface area is 120 Å². The molecule has 3 aromatic rings. The van der Waals surface area contributed by atoms with Crippen LogP contribution in [0.4, 0.5) is 5.69 Å². The van der Waals surface area contributed by atoms with Gasteiger partial charge in [0.25, 0.3) is 0 Å². The number of carbonyl (C=O) groups is 1. The molecule has 7 nitrogen and oxygen atoms in total. The van der Waals surface area contributed by atoms with Crippen molar-refractivity contribution < 1.29 is 4.79 Å². The largest absolute Gasteiger partial charge is 0.326 e. The van der Waals surface area contributed by atoms with E-state index in [-0.39, 0.29) is 5.91 Å². The molecule has 21 heavy (non-hydrogen) atoms. The fraction of sp³-hybridized carbons (Fsp3) is 0.0714. The molecule has 0 fully saturated rings. The fourth-order valence-corrected chi connectivity index (χ4v) is 1.89. The number of rotatable bonds is 3. The van der Waals surface area contributed by atoms with Crippen molar-refractivity contribution in [2.24, 2.45) is 0 Å². The normalized spacial score (nSPS) is 10.3. The van der Waals surface area contributed by atoms with E-state index in [1.807, 2.05) is 24.3 Å². The van der Waals surface area contributed by atoms with Crippen molar-refractivity contribution in [3.8, 4) is 22.8 Å². The second-order valence-electron chi connectivity index (χ2n) is 4.35. The Hall–Kier alpha value is -3.09. The van der Waals surface area contributed by atoms with Crippen LogP contribution in [0.1, 0.15) is 6.92 Å². The molecule has 2 heterocycles. The number of nitrogens with zero attached hydrogens (tertiary/aromatic N) is 4. The number of H-pyrrole nitrogens is 1. The number of hydrogen-bond donors (Lipinski definition) is 2. The smallest absolute Gasteiger partial charge is 0.221 e. The Morgan fingerprint density at radius 2 is 2.14 bits per heavy atom. The molecular weight excluding hydrogens is 268 g/mol. The van der Waals surface area contributed by atoms with Crippen LogP contribution < -0.4 is 5.32 Å². The summed E-state index contributed by atoms with van der Waals surface area (Å²) in [5, 5.41) is 16.3. The highest BCUT2D eigenvalue weighted by Gasteiger charge is 2.07. The summed E-state index contributed by atoms with van der Waals surface area (Å²) < 4.78 is 0. The molecule has 0 aliphatic carbocycles. The summed E-state index contributed by atoms with van der Waals surface area (Å²) in [7, 11) is 0. The van der Waals surface area contributed by atoms with Gasteiger partial charge in [0.05, 0.1) is 5.69 Å². The van der Waals surface area contributed by atoms with E-state index in [0.717, 1.165) is 11.3 Å². The van der Waals surface area contributed by atoms with Crippen molar-refractivity contribution >= 4 is 11.6 Å². The number of hydrogen-bond acceptors (Lipinski definition) is 5. The zero-order valence-electron chi connectivity index (χ0n) is 11.2. The summed E-state index contributed by atoms with van der Waals surface area (Å²) >= 11 is 0. The highest BCUT2D eigenvalue weighted by molar-refractivity contribution is 5.89. The van der Waals surface area contributed by atoms with Gasteiger partial charge in [-0.25, -0.2) is 10.1 Å². The summed E-state index contributed by atoms with van der Waals surface area (Å²) in [6.45, 7) is 1.47. The molecule has 2 aromatic heterocycles. The quantitative estimate of drug-likeness (QED) is 0.760. The lowest BCUT2D eigenvalue weighted by Gasteiger charge is -2.06. The molecule has 0 saturated heterocycles. The van der Waals surface area contributed by atoms with Gasteiger partial charge in [-0.15, -0.1) is 5.10 Å². The zero-order valence-corrected chi connectivity index (χ0v) is 11.2. The standard InChI is InChI=1S/C14H11N6O/c1-9(21)15-11-5-2-4-10(8-11)12-6-3-7-13(16-12)14-17-19-20-18-14/h2,4-8H,1H3,(H,15,21)(H,17,18,19,20). The Balaban J connectivity index is 1.97. The number of aromatic amines is 1. The predicted octanol–water partition coefficient (Wildman–Crippen LogP) is 1.69. The van der Waals surface area contributed by atoms with Crippen molar-refractivity contribution in [3.05, 3.63) is 42.5 Å². The van der Waals surface area contributed by atoms with Crippen LogP contribution in [0.5, 0.6) is 0 Å². The second-order valence-corrected chi connectivity index (χ2v) is 4.35. The van der Waals surface area contributed by atoms with Crippen molar-refractivity contribution in [2.75, 3.05) is 5.32 Å². The van der Waals surface area contributed by atoms with Gasteiger partial charge in [0.2, 0.25) is 5.91 Å². The molecule has 1 amide bonds. The molecule has 3 rings (SSSR count). The Kier molecular flexibility index (Phi) is 3.38. The van der Waals surface area contributed by atoms with Crippen molar-refractivity contribution in [1.29, 1.82) is 0 Å². The molecular formula is C14H11N6O. The Bertz CT molecular complexity index is 769. The van der Waals surface area contributed by atoms with E-state index in [0.29, 0.717) is 17.2 Å². The van der Waals surface area contributed by atoms with Gasteiger partial charge >= 0.3 is 0 Å². The van der Waals surface area contributed by atoms with Gasteiger partial charge < -0.3 is 5.32 Å². The Morgan fingerprint density at radius 3 is 2.90 bits per heavy atom. The topological polar surface area (TPSA) is 96.5 Å². The SMILES string of the molecule is CC(=O)Nc1cccc(-c2c[c]cc(-c3nnn[nH]3)n2)c1. The van der Waals surface area contributed by atoms with Crippen molar-refractivity contribution in [2.45, 2.75) is 6.92 Å². The molecule has 0 unspecified atom stereocenters. The molecule has 0 aliphatic heterocycles. The van der Waals surface area contributed by atoms with Gasteiger partial charge in [0.15, 0.2) is 5.82 Å². The van der Waals surface area contributed by atoms with Crippen LogP contribution in [0.25, 0.3) is 22.8 Å². The third-order valence-electron chi connectivity index (χ3n) is 2.75. The maximum absolute atomic E-state index is 11.1. The van der Waals surface area contributed by atoms with Gasteiger partial charge in [-0.2, -0.15) is 0 Å². The number of carbonyl (C=O) groups excluding carboxylic acids is 1. The van der Waals surface area contributed by atoms with Crippen LogP contribution in [0.15, 0.2) is 36.4 Å². The average molecular weight is 279 g/mol. The van der Waals surface area contributed by atoms with Gasteiger partial charge in [-0.1, -0.05) is 12.1 Å². The molecule has 7 heteroatoms. The predicted molar refractivity (Wildman–Crippen MR) is 76.0 cm³/mol. The minimum Gasteiger partial charge on any atom is -0.326 e. The molecule has 1 radical (unpaired) electrons. The molecule has 0 spiro atoms. The van der Waals surface area contributed by atoms with E-state index in [1.54, 1.807) is 12.1 Å². The number of aromatic nitrogens is 5. The van der Waals surface area contributed by atoms with E-state index in [2.05, 4.69) is 37.0 Å².